The summed E-state index contributed by atoms with van der Waals surface area (Å²) in [4.78, 5) is 14.9. The second-order valence-electron chi connectivity index (χ2n) is 8.45. The van der Waals surface area contributed by atoms with Gasteiger partial charge in [0.05, 0.1) is 18.8 Å². The summed E-state index contributed by atoms with van der Waals surface area (Å²) < 4.78 is 31.5. The summed E-state index contributed by atoms with van der Waals surface area (Å²) in [5, 5.41) is 3.08. The first kappa shape index (κ1) is 20.4. The molecular formula is C24H27FN2O4. The van der Waals surface area contributed by atoms with E-state index in [1.54, 1.807) is 18.2 Å². The molecule has 2 fully saturated rings. The Morgan fingerprint density at radius 1 is 1.00 bits per heavy atom. The van der Waals surface area contributed by atoms with Gasteiger partial charge in [-0.1, -0.05) is 24.3 Å². The molecular weight excluding hydrogens is 399 g/mol. The van der Waals surface area contributed by atoms with E-state index in [4.69, 9.17) is 14.2 Å². The molecule has 3 heterocycles. The zero-order valence-electron chi connectivity index (χ0n) is 17.4. The monoisotopic (exact) mass is 426 g/mol. The number of halogens is 1. The van der Waals surface area contributed by atoms with Crippen molar-refractivity contribution in [2.75, 3.05) is 32.8 Å². The number of hydrogen-bond donors (Lipinski definition) is 1. The van der Waals surface area contributed by atoms with Gasteiger partial charge in [-0.15, -0.1) is 0 Å². The Labute approximate surface area is 181 Å². The normalized spacial score (nSPS) is 22.0. The van der Waals surface area contributed by atoms with E-state index in [1.165, 1.54) is 12.1 Å². The highest BCUT2D eigenvalue weighted by Crippen LogP contribution is 2.37. The van der Waals surface area contributed by atoms with Crippen molar-refractivity contribution in [1.29, 1.82) is 0 Å². The van der Waals surface area contributed by atoms with Crippen LogP contribution >= 0.6 is 0 Å². The number of piperidine rings is 1. The van der Waals surface area contributed by atoms with Gasteiger partial charge in [0.15, 0.2) is 11.5 Å². The Balaban J connectivity index is 1.16. The molecule has 3 aliphatic heterocycles. The van der Waals surface area contributed by atoms with Gasteiger partial charge in [0.2, 0.25) is 0 Å². The number of para-hydroxylation sites is 1. The van der Waals surface area contributed by atoms with Crippen LogP contribution in [0, 0.1) is 5.82 Å². The fourth-order valence-corrected chi connectivity index (χ4v) is 4.77. The maximum atomic E-state index is 13.3. The summed E-state index contributed by atoms with van der Waals surface area (Å²) in [5.41, 5.74) is 0.841. The Kier molecular flexibility index (Phi) is 5.42. The lowest BCUT2D eigenvalue weighted by Crippen LogP contribution is -2.61. The van der Waals surface area contributed by atoms with Crippen molar-refractivity contribution in [1.82, 2.24) is 10.2 Å². The minimum Gasteiger partial charge on any atom is -0.467 e. The van der Waals surface area contributed by atoms with E-state index < -0.39 is 11.5 Å². The molecule has 0 aromatic heterocycles. The lowest BCUT2D eigenvalue weighted by Gasteiger charge is -2.44. The summed E-state index contributed by atoms with van der Waals surface area (Å²) in [5.74, 6) is -0.447. The average Bonchev–Trinajstić information content (AvgIpc) is 3.26. The van der Waals surface area contributed by atoms with Crippen LogP contribution in [0.5, 0.6) is 5.75 Å². The number of benzene rings is 2. The fraction of sp³-hybridized carbons (Fsp3) is 0.458. The number of amides is 1. The minimum atomic E-state index is -0.783. The Hall–Kier alpha value is -2.48. The first-order chi connectivity index (χ1) is 15.1. The van der Waals surface area contributed by atoms with Crippen LogP contribution < -0.4 is 10.1 Å². The van der Waals surface area contributed by atoms with Gasteiger partial charge in [-0.2, -0.15) is 0 Å². The molecule has 0 saturated carbocycles. The van der Waals surface area contributed by atoms with Crippen molar-refractivity contribution in [3.63, 3.8) is 0 Å². The van der Waals surface area contributed by atoms with Gasteiger partial charge in [-0.3, -0.25) is 4.79 Å². The summed E-state index contributed by atoms with van der Waals surface area (Å²) in [7, 11) is 0. The van der Waals surface area contributed by atoms with Gasteiger partial charge in [0, 0.05) is 37.9 Å². The summed E-state index contributed by atoms with van der Waals surface area (Å²) in [6.45, 7) is 3.67. The van der Waals surface area contributed by atoms with Crippen LogP contribution in [-0.2, 0) is 15.3 Å². The number of carbonyl (C=O) groups is 1. The van der Waals surface area contributed by atoms with E-state index in [9.17, 15) is 9.18 Å². The van der Waals surface area contributed by atoms with E-state index in [-0.39, 0.29) is 11.7 Å². The predicted octanol–water partition coefficient (Wildman–Crippen LogP) is 3.42. The van der Waals surface area contributed by atoms with Crippen molar-refractivity contribution in [3.8, 4) is 5.75 Å². The highest BCUT2D eigenvalue weighted by Gasteiger charge is 2.43. The maximum Gasteiger partial charge on any atom is 0.258 e. The van der Waals surface area contributed by atoms with Crippen LogP contribution in [0.4, 0.5) is 4.39 Å². The molecule has 2 aromatic carbocycles. The number of carbonyl (C=O) groups excluding carboxylic acids is 1. The van der Waals surface area contributed by atoms with Gasteiger partial charge < -0.3 is 24.4 Å². The van der Waals surface area contributed by atoms with Gasteiger partial charge in [-0.05, 0) is 37.2 Å². The third-order valence-corrected chi connectivity index (χ3v) is 6.46. The topological polar surface area (TPSA) is 60.0 Å². The zero-order valence-corrected chi connectivity index (χ0v) is 17.4. The van der Waals surface area contributed by atoms with Crippen molar-refractivity contribution in [2.24, 2.45) is 0 Å². The van der Waals surface area contributed by atoms with Crippen LogP contribution in [0.25, 0.3) is 0 Å². The van der Waals surface area contributed by atoms with Crippen molar-refractivity contribution < 1.29 is 23.4 Å². The number of nitrogens with one attached hydrogen (secondary N) is 1. The number of ether oxygens (including phenoxy) is 3. The Bertz CT molecular complexity index is 935. The molecule has 3 aliphatic rings. The summed E-state index contributed by atoms with van der Waals surface area (Å²) in [6, 6.07) is 13.8. The van der Waals surface area contributed by atoms with Gasteiger partial charge >= 0.3 is 0 Å². The number of nitrogens with zero attached hydrogens (tertiary/aromatic N) is 1. The van der Waals surface area contributed by atoms with Gasteiger partial charge in [0.1, 0.15) is 11.6 Å². The van der Waals surface area contributed by atoms with Crippen LogP contribution in [-0.4, -0.2) is 49.4 Å². The van der Waals surface area contributed by atoms with Crippen LogP contribution in [0.2, 0.25) is 0 Å². The van der Waals surface area contributed by atoms with Crippen LogP contribution in [0.1, 0.15) is 41.6 Å². The third-order valence-electron chi connectivity index (χ3n) is 6.46. The number of rotatable bonds is 5. The van der Waals surface area contributed by atoms with Gasteiger partial charge in [0.25, 0.3) is 5.91 Å². The van der Waals surface area contributed by atoms with Crippen LogP contribution in [0.3, 0.4) is 0 Å². The fourth-order valence-electron chi connectivity index (χ4n) is 4.77. The zero-order chi connectivity index (χ0) is 21.3. The van der Waals surface area contributed by atoms with E-state index in [2.05, 4.69) is 10.2 Å². The summed E-state index contributed by atoms with van der Waals surface area (Å²) >= 11 is 0. The molecule has 0 aliphatic carbocycles. The molecule has 0 atom stereocenters. The second-order valence-corrected chi connectivity index (χ2v) is 8.45. The highest BCUT2D eigenvalue weighted by molar-refractivity contribution is 5.98. The largest absolute Gasteiger partial charge is 0.467 e. The predicted molar refractivity (Wildman–Crippen MR) is 112 cm³/mol. The average molecular weight is 426 g/mol. The summed E-state index contributed by atoms with van der Waals surface area (Å²) in [6.07, 6.45) is 3.08. The Morgan fingerprint density at radius 2 is 1.71 bits per heavy atom. The molecule has 6 nitrogen and oxygen atoms in total. The molecule has 2 saturated heterocycles. The number of hydrogen-bond acceptors (Lipinski definition) is 5. The lowest BCUT2D eigenvalue weighted by atomic mass is 9.96. The molecule has 1 spiro atoms. The molecule has 2 aromatic rings. The van der Waals surface area contributed by atoms with Crippen molar-refractivity contribution in [2.45, 2.75) is 37.2 Å². The molecule has 0 bridgehead atoms. The van der Waals surface area contributed by atoms with E-state index in [1.807, 2.05) is 18.2 Å². The first-order valence-electron chi connectivity index (χ1n) is 10.9. The maximum absolute atomic E-state index is 13.3. The standard InChI is InChI=1S/C24H27FN2O4/c25-19-8-6-18(7-9-19)24(29-16-17-30-24)10-3-13-27-14-11-23(12-15-27)26-22(28)20-4-1-2-5-21(20)31-23/h1-2,4-9H,3,10-17H2,(H,26,28). The second kappa shape index (κ2) is 8.22. The molecule has 5 rings (SSSR count). The highest BCUT2D eigenvalue weighted by atomic mass is 19.1. The van der Waals surface area contributed by atoms with E-state index in [0.29, 0.717) is 30.9 Å². The smallest absolute Gasteiger partial charge is 0.258 e. The van der Waals surface area contributed by atoms with Crippen LogP contribution in [0.15, 0.2) is 48.5 Å². The molecule has 0 radical (unpaired) electrons. The van der Waals surface area contributed by atoms with E-state index in [0.717, 1.165) is 44.5 Å². The molecule has 1 amide bonds. The number of fused-ring (bicyclic) bond motifs is 1. The molecule has 7 heteroatoms. The Morgan fingerprint density at radius 3 is 2.45 bits per heavy atom. The lowest BCUT2D eigenvalue weighted by molar-refractivity contribution is -0.172. The van der Waals surface area contributed by atoms with Gasteiger partial charge in [-0.25, -0.2) is 4.39 Å². The van der Waals surface area contributed by atoms with E-state index >= 15 is 0 Å². The SMILES string of the molecule is O=C1NC2(CCN(CCCC3(c4ccc(F)cc4)OCCO3)CC2)Oc2ccccc21. The first-order valence-corrected chi connectivity index (χ1v) is 10.9. The molecule has 31 heavy (non-hydrogen) atoms. The van der Waals surface area contributed by atoms with Crippen molar-refractivity contribution >= 4 is 5.91 Å². The molecule has 0 unspecified atom stereocenters. The number of likely N-dealkylation sites (tertiary alicyclic amines) is 1. The third kappa shape index (κ3) is 4.05. The van der Waals surface area contributed by atoms with Crippen molar-refractivity contribution in [3.05, 3.63) is 65.5 Å². The molecule has 164 valence electrons. The molecule has 1 N–H and O–H groups in total. The quantitative estimate of drug-likeness (QED) is 0.794. The minimum absolute atomic E-state index is 0.0629.